The lowest BCUT2D eigenvalue weighted by Gasteiger charge is -2.00. The Hall–Kier alpha value is -1.03. The molecule has 4 nitrogen and oxygen atoms in total. The summed E-state index contributed by atoms with van der Waals surface area (Å²) in [7, 11) is 1.71. The van der Waals surface area contributed by atoms with E-state index in [2.05, 4.69) is 5.32 Å². The SMILES string of the molecule is CN/C=C(/N)C(=N)CCO. The highest BCUT2D eigenvalue weighted by Gasteiger charge is 1.97. The van der Waals surface area contributed by atoms with Crippen molar-refractivity contribution >= 4 is 5.71 Å². The van der Waals surface area contributed by atoms with Gasteiger partial charge in [-0.1, -0.05) is 0 Å². The summed E-state index contributed by atoms with van der Waals surface area (Å²) in [5, 5.41) is 18.3. The van der Waals surface area contributed by atoms with Crippen LogP contribution in [0, 0.1) is 5.41 Å². The van der Waals surface area contributed by atoms with Gasteiger partial charge in [-0.15, -0.1) is 0 Å². The van der Waals surface area contributed by atoms with Crippen molar-refractivity contribution in [2.75, 3.05) is 13.7 Å². The van der Waals surface area contributed by atoms with Gasteiger partial charge in [0.15, 0.2) is 0 Å². The molecule has 0 fully saturated rings. The fourth-order valence-corrected chi connectivity index (χ4v) is 0.499. The van der Waals surface area contributed by atoms with Crippen LogP contribution < -0.4 is 11.1 Å². The molecule has 0 saturated carbocycles. The van der Waals surface area contributed by atoms with E-state index in [-0.39, 0.29) is 12.3 Å². The fourth-order valence-electron chi connectivity index (χ4n) is 0.499. The van der Waals surface area contributed by atoms with E-state index in [1.165, 1.54) is 6.20 Å². The molecular weight excluding hydrogens is 130 g/mol. The molecule has 0 unspecified atom stereocenters. The topological polar surface area (TPSA) is 82.1 Å². The van der Waals surface area contributed by atoms with Gasteiger partial charge < -0.3 is 21.6 Å². The zero-order valence-electron chi connectivity index (χ0n) is 6.02. The Morgan fingerprint density at radius 2 is 2.40 bits per heavy atom. The molecule has 10 heavy (non-hydrogen) atoms. The zero-order valence-corrected chi connectivity index (χ0v) is 6.02. The van der Waals surface area contributed by atoms with Gasteiger partial charge in [-0.05, 0) is 0 Å². The standard InChI is InChI=1S/C6H13N3O/c1-9-4-6(8)5(7)2-3-10/h4,7,9-10H,2-3,8H2,1H3/b6-4+,7-5?. The molecule has 0 aromatic heterocycles. The van der Waals surface area contributed by atoms with Gasteiger partial charge in [0.25, 0.3) is 0 Å². The molecule has 0 aromatic rings. The third kappa shape index (κ3) is 3.09. The van der Waals surface area contributed by atoms with Gasteiger partial charge in [-0.2, -0.15) is 0 Å². The molecule has 0 aliphatic heterocycles. The number of nitrogens with two attached hydrogens (primary N) is 1. The quantitative estimate of drug-likeness (QED) is 0.397. The van der Waals surface area contributed by atoms with Crippen LogP contribution in [-0.4, -0.2) is 24.5 Å². The maximum absolute atomic E-state index is 8.41. The minimum Gasteiger partial charge on any atom is -0.396 e. The highest BCUT2D eigenvalue weighted by molar-refractivity contribution is 5.96. The summed E-state index contributed by atoms with van der Waals surface area (Å²) in [6.45, 7) is -0.0307. The van der Waals surface area contributed by atoms with Gasteiger partial charge in [0, 0.05) is 26.3 Å². The summed E-state index contributed by atoms with van der Waals surface area (Å²) in [6, 6.07) is 0. The summed E-state index contributed by atoms with van der Waals surface area (Å²) in [5.41, 5.74) is 6.01. The van der Waals surface area contributed by atoms with Gasteiger partial charge in [0.2, 0.25) is 0 Å². The zero-order chi connectivity index (χ0) is 7.98. The highest BCUT2D eigenvalue weighted by atomic mass is 16.3. The number of hydrogen-bond acceptors (Lipinski definition) is 4. The third-order valence-corrected chi connectivity index (χ3v) is 1.01. The van der Waals surface area contributed by atoms with Crippen molar-refractivity contribution in [2.45, 2.75) is 6.42 Å². The molecule has 0 spiro atoms. The van der Waals surface area contributed by atoms with Crippen LogP contribution in [-0.2, 0) is 0 Å². The first kappa shape index (κ1) is 8.97. The Labute approximate surface area is 60.2 Å². The summed E-state index contributed by atoms with van der Waals surface area (Å²) in [5.74, 6) is 0. The first-order chi connectivity index (χ1) is 4.72. The van der Waals surface area contributed by atoms with Gasteiger partial charge >= 0.3 is 0 Å². The van der Waals surface area contributed by atoms with Crippen molar-refractivity contribution in [1.29, 1.82) is 5.41 Å². The lowest BCUT2D eigenvalue weighted by atomic mass is 10.2. The van der Waals surface area contributed by atoms with E-state index in [1.54, 1.807) is 7.05 Å². The Bertz CT molecular complexity index is 142. The molecule has 0 radical (unpaired) electrons. The van der Waals surface area contributed by atoms with Crippen LogP contribution in [0.2, 0.25) is 0 Å². The van der Waals surface area contributed by atoms with Crippen molar-refractivity contribution in [1.82, 2.24) is 5.32 Å². The number of aliphatic hydroxyl groups is 1. The molecule has 58 valence electrons. The minimum absolute atomic E-state index is 0.0307. The molecule has 5 N–H and O–H groups in total. The molecule has 0 atom stereocenters. The van der Waals surface area contributed by atoms with Crippen molar-refractivity contribution in [2.24, 2.45) is 5.73 Å². The summed E-state index contributed by atoms with van der Waals surface area (Å²) in [4.78, 5) is 0. The lowest BCUT2D eigenvalue weighted by Crippen LogP contribution is -2.14. The monoisotopic (exact) mass is 143 g/mol. The molecule has 0 amide bonds. The van der Waals surface area contributed by atoms with Crippen LogP contribution in [0.5, 0.6) is 0 Å². The number of aliphatic hydroxyl groups excluding tert-OH is 1. The van der Waals surface area contributed by atoms with Crippen LogP contribution in [0.15, 0.2) is 11.9 Å². The maximum Gasteiger partial charge on any atom is 0.0685 e. The average molecular weight is 143 g/mol. The Balaban J connectivity index is 3.82. The van der Waals surface area contributed by atoms with Crippen LogP contribution in [0.25, 0.3) is 0 Å². The smallest absolute Gasteiger partial charge is 0.0685 e. The maximum atomic E-state index is 8.41. The molecule has 0 aliphatic carbocycles. The highest BCUT2D eigenvalue weighted by Crippen LogP contribution is 1.89. The molecule has 0 heterocycles. The average Bonchev–Trinajstić information content (AvgIpc) is 1.89. The van der Waals surface area contributed by atoms with Gasteiger partial charge in [-0.25, -0.2) is 0 Å². The van der Waals surface area contributed by atoms with E-state index in [0.29, 0.717) is 12.1 Å². The van der Waals surface area contributed by atoms with E-state index in [1.807, 2.05) is 0 Å². The number of allylic oxidation sites excluding steroid dienone is 1. The van der Waals surface area contributed by atoms with Crippen LogP contribution >= 0.6 is 0 Å². The summed E-state index contributed by atoms with van der Waals surface area (Å²) < 4.78 is 0. The number of nitrogens with one attached hydrogen (secondary N) is 2. The van der Waals surface area contributed by atoms with Crippen LogP contribution in [0.4, 0.5) is 0 Å². The predicted molar refractivity (Wildman–Crippen MR) is 40.8 cm³/mol. The largest absolute Gasteiger partial charge is 0.396 e. The summed E-state index contributed by atoms with van der Waals surface area (Å²) in [6.07, 6.45) is 1.84. The lowest BCUT2D eigenvalue weighted by molar-refractivity contribution is 0.307. The number of hydrogen-bond donors (Lipinski definition) is 4. The second kappa shape index (κ2) is 4.81. The Kier molecular flexibility index (Phi) is 4.32. The number of rotatable bonds is 4. The van der Waals surface area contributed by atoms with Gasteiger partial charge in [-0.3, -0.25) is 0 Å². The molecule has 0 bridgehead atoms. The van der Waals surface area contributed by atoms with Crippen molar-refractivity contribution in [3.63, 3.8) is 0 Å². The Morgan fingerprint density at radius 1 is 1.80 bits per heavy atom. The van der Waals surface area contributed by atoms with E-state index in [0.717, 1.165) is 0 Å². The fraction of sp³-hybridized carbons (Fsp3) is 0.500. The van der Waals surface area contributed by atoms with E-state index >= 15 is 0 Å². The molecular formula is C6H13N3O. The Morgan fingerprint density at radius 3 is 2.80 bits per heavy atom. The second-order valence-corrected chi connectivity index (χ2v) is 1.84. The molecule has 0 aliphatic rings. The van der Waals surface area contributed by atoms with Crippen LogP contribution in [0.1, 0.15) is 6.42 Å². The first-order valence-electron chi connectivity index (χ1n) is 3.04. The molecule has 0 saturated heterocycles. The molecule has 4 heteroatoms. The van der Waals surface area contributed by atoms with Crippen molar-refractivity contribution < 1.29 is 5.11 Å². The summed E-state index contributed by atoms with van der Waals surface area (Å²) >= 11 is 0. The third-order valence-electron chi connectivity index (χ3n) is 1.01. The van der Waals surface area contributed by atoms with Gasteiger partial charge in [0.1, 0.15) is 0 Å². The van der Waals surface area contributed by atoms with E-state index in [9.17, 15) is 0 Å². The first-order valence-corrected chi connectivity index (χ1v) is 3.04. The van der Waals surface area contributed by atoms with E-state index in [4.69, 9.17) is 16.2 Å². The predicted octanol–water partition coefficient (Wildman–Crippen LogP) is -0.592. The van der Waals surface area contributed by atoms with Crippen molar-refractivity contribution in [3.05, 3.63) is 11.9 Å². The molecule has 0 rings (SSSR count). The van der Waals surface area contributed by atoms with Crippen molar-refractivity contribution in [3.8, 4) is 0 Å². The molecule has 0 aromatic carbocycles. The normalized spacial score (nSPS) is 11.2. The minimum atomic E-state index is -0.0307. The van der Waals surface area contributed by atoms with Gasteiger partial charge in [0.05, 0.1) is 11.4 Å². The second-order valence-electron chi connectivity index (χ2n) is 1.84. The van der Waals surface area contributed by atoms with E-state index < -0.39 is 0 Å². The van der Waals surface area contributed by atoms with Crippen LogP contribution in [0.3, 0.4) is 0 Å².